The van der Waals surface area contributed by atoms with Crippen molar-refractivity contribution in [1.29, 1.82) is 0 Å². The highest BCUT2D eigenvalue weighted by molar-refractivity contribution is 6.32. The molecule has 0 saturated heterocycles. The van der Waals surface area contributed by atoms with Crippen LogP contribution in [0.25, 0.3) is 0 Å². The summed E-state index contributed by atoms with van der Waals surface area (Å²) >= 11 is 6.15. The Kier molecular flexibility index (Phi) is 4.87. The minimum Gasteiger partial charge on any atom is -0.490 e. The number of carbonyl (C=O) groups is 1. The maximum atomic E-state index is 12.4. The van der Waals surface area contributed by atoms with Gasteiger partial charge in [-0.05, 0) is 48.9 Å². The van der Waals surface area contributed by atoms with Gasteiger partial charge in [0.1, 0.15) is 0 Å². The van der Waals surface area contributed by atoms with Gasteiger partial charge in [0.25, 0.3) is 0 Å². The molecule has 1 atom stereocenters. The Morgan fingerprint density at radius 3 is 2.91 bits per heavy atom. The molecule has 3 nitrogen and oxygen atoms in total. The Morgan fingerprint density at radius 2 is 2.09 bits per heavy atom. The van der Waals surface area contributed by atoms with Crippen molar-refractivity contribution in [3.63, 3.8) is 0 Å². The number of fused-ring (bicyclic) bond motifs is 1. The molecular formula is C19H20ClNO2. The Labute approximate surface area is 141 Å². The van der Waals surface area contributed by atoms with E-state index in [-0.39, 0.29) is 5.91 Å². The number of carbonyl (C=O) groups excluding carboxylic acids is 1. The van der Waals surface area contributed by atoms with Crippen LogP contribution in [-0.2, 0) is 11.2 Å². The van der Waals surface area contributed by atoms with E-state index in [0.29, 0.717) is 35.4 Å². The zero-order valence-electron chi connectivity index (χ0n) is 13.1. The van der Waals surface area contributed by atoms with E-state index >= 15 is 0 Å². The summed E-state index contributed by atoms with van der Waals surface area (Å²) < 4.78 is 5.55. The van der Waals surface area contributed by atoms with Crippen LogP contribution in [0.3, 0.4) is 0 Å². The molecule has 23 heavy (non-hydrogen) atoms. The smallest absolute Gasteiger partial charge is 0.225 e. The van der Waals surface area contributed by atoms with E-state index in [1.807, 2.05) is 25.1 Å². The van der Waals surface area contributed by atoms with E-state index in [0.717, 1.165) is 12.8 Å². The summed E-state index contributed by atoms with van der Waals surface area (Å²) in [5, 5.41) is 3.46. The van der Waals surface area contributed by atoms with Crippen molar-refractivity contribution < 1.29 is 9.53 Å². The molecule has 1 aliphatic rings. The summed E-state index contributed by atoms with van der Waals surface area (Å²) in [5.74, 6) is 0.827. The number of hydrogen-bond donors (Lipinski definition) is 1. The van der Waals surface area contributed by atoms with Crippen molar-refractivity contribution in [3.8, 4) is 5.75 Å². The van der Waals surface area contributed by atoms with Crippen molar-refractivity contribution in [3.05, 3.63) is 58.6 Å². The number of para-hydroxylation sites is 1. The Morgan fingerprint density at radius 1 is 1.26 bits per heavy atom. The molecule has 0 aliphatic heterocycles. The van der Waals surface area contributed by atoms with Gasteiger partial charge in [-0.1, -0.05) is 41.9 Å². The molecule has 2 aromatic rings. The molecule has 0 aromatic heterocycles. The summed E-state index contributed by atoms with van der Waals surface area (Å²) in [6, 6.07) is 13.8. The normalized spacial score (nSPS) is 16.0. The zero-order valence-corrected chi connectivity index (χ0v) is 13.9. The highest BCUT2D eigenvalue weighted by atomic mass is 35.5. The molecule has 0 fully saturated rings. The fraction of sp³-hybridized carbons (Fsp3) is 0.316. The van der Waals surface area contributed by atoms with Crippen LogP contribution in [0.2, 0.25) is 5.02 Å². The Hall–Kier alpha value is -2.00. The third-order valence-corrected chi connectivity index (χ3v) is 4.52. The number of hydrogen-bond acceptors (Lipinski definition) is 2. The summed E-state index contributed by atoms with van der Waals surface area (Å²) in [4.78, 5) is 12.4. The third kappa shape index (κ3) is 3.50. The second-order valence-electron chi connectivity index (χ2n) is 5.74. The predicted molar refractivity (Wildman–Crippen MR) is 93.4 cm³/mol. The van der Waals surface area contributed by atoms with Crippen LogP contribution in [0.1, 0.15) is 36.8 Å². The molecule has 0 bridgehead atoms. The van der Waals surface area contributed by atoms with Gasteiger partial charge in [-0.25, -0.2) is 0 Å². The average molecular weight is 330 g/mol. The quantitative estimate of drug-likeness (QED) is 0.855. The van der Waals surface area contributed by atoms with E-state index in [9.17, 15) is 4.79 Å². The lowest BCUT2D eigenvalue weighted by Crippen LogP contribution is -2.15. The van der Waals surface area contributed by atoms with Crippen molar-refractivity contribution in [2.24, 2.45) is 0 Å². The van der Waals surface area contributed by atoms with Crippen molar-refractivity contribution >= 4 is 23.2 Å². The van der Waals surface area contributed by atoms with Gasteiger partial charge < -0.3 is 10.1 Å². The van der Waals surface area contributed by atoms with Crippen molar-refractivity contribution in [2.45, 2.75) is 32.1 Å². The largest absolute Gasteiger partial charge is 0.490 e. The lowest BCUT2D eigenvalue weighted by atomic mass is 9.97. The molecule has 2 aromatic carbocycles. The van der Waals surface area contributed by atoms with E-state index in [2.05, 4.69) is 23.5 Å². The van der Waals surface area contributed by atoms with E-state index in [1.165, 1.54) is 11.1 Å². The molecular weight excluding hydrogens is 310 g/mol. The third-order valence-electron chi connectivity index (χ3n) is 4.22. The number of amides is 1. The SMILES string of the molecule is CCOc1c(Cl)cccc1NC(=O)CC1CCc2ccccc21. The molecule has 4 heteroatoms. The number of ether oxygens (including phenoxy) is 1. The Bertz CT molecular complexity index is 714. The van der Waals surface area contributed by atoms with Gasteiger partial charge >= 0.3 is 0 Å². The molecule has 0 heterocycles. The lowest BCUT2D eigenvalue weighted by molar-refractivity contribution is -0.116. The topological polar surface area (TPSA) is 38.3 Å². The molecule has 0 spiro atoms. The van der Waals surface area contributed by atoms with Crippen LogP contribution in [0.5, 0.6) is 5.75 Å². The van der Waals surface area contributed by atoms with Gasteiger partial charge in [0, 0.05) is 6.42 Å². The van der Waals surface area contributed by atoms with Gasteiger partial charge in [0.15, 0.2) is 5.75 Å². The average Bonchev–Trinajstić information content (AvgIpc) is 2.94. The van der Waals surface area contributed by atoms with Gasteiger partial charge in [0.2, 0.25) is 5.91 Å². The van der Waals surface area contributed by atoms with Crippen LogP contribution in [0.4, 0.5) is 5.69 Å². The summed E-state index contributed by atoms with van der Waals surface area (Å²) in [6.45, 7) is 2.40. The molecule has 0 radical (unpaired) electrons. The van der Waals surface area contributed by atoms with Gasteiger partial charge in [-0.3, -0.25) is 4.79 Å². The zero-order chi connectivity index (χ0) is 16.2. The molecule has 1 aliphatic carbocycles. The second kappa shape index (κ2) is 7.05. The minimum absolute atomic E-state index is 0.00470. The van der Waals surface area contributed by atoms with E-state index in [4.69, 9.17) is 16.3 Å². The molecule has 1 unspecified atom stereocenters. The first-order valence-corrected chi connectivity index (χ1v) is 8.35. The van der Waals surface area contributed by atoms with Gasteiger partial charge in [-0.15, -0.1) is 0 Å². The molecule has 1 N–H and O–H groups in total. The van der Waals surface area contributed by atoms with Crippen LogP contribution in [-0.4, -0.2) is 12.5 Å². The maximum Gasteiger partial charge on any atom is 0.225 e. The number of benzene rings is 2. The monoisotopic (exact) mass is 329 g/mol. The van der Waals surface area contributed by atoms with Crippen LogP contribution >= 0.6 is 11.6 Å². The Balaban J connectivity index is 1.70. The van der Waals surface area contributed by atoms with Crippen molar-refractivity contribution in [1.82, 2.24) is 0 Å². The fourth-order valence-electron chi connectivity index (χ4n) is 3.18. The first-order valence-electron chi connectivity index (χ1n) is 7.98. The number of halogens is 1. The molecule has 120 valence electrons. The first kappa shape index (κ1) is 15.9. The summed E-state index contributed by atoms with van der Waals surface area (Å²) in [7, 11) is 0. The van der Waals surface area contributed by atoms with Crippen LogP contribution in [0.15, 0.2) is 42.5 Å². The second-order valence-corrected chi connectivity index (χ2v) is 6.14. The van der Waals surface area contributed by atoms with Crippen LogP contribution in [0, 0.1) is 0 Å². The maximum absolute atomic E-state index is 12.4. The van der Waals surface area contributed by atoms with Gasteiger partial charge in [0.05, 0.1) is 17.3 Å². The fourth-order valence-corrected chi connectivity index (χ4v) is 3.41. The van der Waals surface area contributed by atoms with Gasteiger partial charge in [-0.2, -0.15) is 0 Å². The van der Waals surface area contributed by atoms with Crippen molar-refractivity contribution in [2.75, 3.05) is 11.9 Å². The first-order chi connectivity index (χ1) is 11.2. The number of anilines is 1. The van der Waals surface area contributed by atoms with Crippen LogP contribution < -0.4 is 10.1 Å². The highest BCUT2D eigenvalue weighted by Gasteiger charge is 2.24. The number of aryl methyl sites for hydroxylation is 1. The highest BCUT2D eigenvalue weighted by Crippen LogP contribution is 2.36. The molecule has 0 saturated carbocycles. The predicted octanol–water partition coefficient (Wildman–Crippen LogP) is 4.80. The number of rotatable bonds is 5. The number of nitrogens with one attached hydrogen (secondary N) is 1. The summed E-state index contributed by atoms with van der Waals surface area (Å²) in [5.41, 5.74) is 3.30. The summed E-state index contributed by atoms with van der Waals surface area (Å²) in [6.07, 6.45) is 2.56. The molecule has 3 rings (SSSR count). The lowest BCUT2D eigenvalue weighted by Gasteiger charge is -2.15. The molecule has 1 amide bonds. The standard InChI is InChI=1S/C19H20ClNO2/c1-2-23-19-16(20)8-5-9-17(19)21-18(22)12-14-11-10-13-6-3-4-7-15(13)14/h3-9,14H,2,10-12H2,1H3,(H,21,22). The van der Waals surface area contributed by atoms with E-state index in [1.54, 1.807) is 6.07 Å². The van der Waals surface area contributed by atoms with E-state index < -0.39 is 0 Å². The minimum atomic E-state index is -0.00470.